The van der Waals surface area contributed by atoms with Crippen LogP contribution in [-0.2, 0) is 16.0 Å². The highest BCUT2D eigenvalue weighted by Crippen LogP contribution is 2.53. The van der Waals surface area contributed by atoms with Gasteiger partial charge in [0.25, 0.3) is 0 Å². The SMILES string of the molecule is CCc1c(F)ccc2cc(O)cc(-c3ncc4c(N5CC6CCC(C5)N6)nc(OCC5(CN6CCC7(CC6)CC(N6CCC(c8cc(F)c(C9CCC(=O)NC9=O)c(F)c8)CC6)C7)CC5)nc4c3F)c12. The lowest BCUT2D eigenvalue weighted by Crippen LogP contribution is -2.56. The molecule has 368 valence electrons. The van der Waals surface area contributed by atoms with Crippen LogP contribution in [0.3, 0.4) is 0 Å². The highest BCUT2D eigenvalue weighted by atomic mass is 19.1. The van der Waals surface area contributed by atoms with Crippen molar-refractivity contribution in [2.75, 3.05) is 57.3 Å². The summed E-state index contributed by atoms with van der Waals surface area (Å²) in [6.07, 6.45) is 12.6. The molecule has 5 aromatic rings. The average molecular weight is 961 g/mol. The van der Waals surface area contributed by atoms with Gasteiger partial charge >= 0.3 is 6.01 Å². The molecule has 3 atom stereocenters. The van der Waals surface area contributed by atoms with Gasteiger partial charge in [-0.3, -0.25) is 19.9 Å². The van der Waals surface area contributed by atoms with E-state index in [-0.39, 0.29) is 52.7 Å². The molecule has 1 spiro atoms. The third kappa shape index (κ3) is 8.34. The number of rotatable bonds is 11. The number of piperidine rings is 3. The minimum atomic E-state index is -0.994. The fourth-order valence-electron chi connectivity index (χ4n) is 13.3. The number of hydrogen-bond acceptors (Lipinski definition) is 11. The number of carbonyl (C=O) groups is 2. The number of benzene rings is 3. The zero-order valence-electron chi connectivity index (χ0n) is 39.6. The molecule has 2 bridgehead atoms. The number of fused-ring (bicyclic) bond motifs is 4. The van der Waals surface area contributed by atoms with Crippen LogP contribution in [0, 0.1) is 34.1 Å². The van der Waals surface area contributed by atoms with Gasteiger partial charge in [0, 0.05) is 66.9 Å². The van der Waals surface area contributed by atoms with Gasteiger partial charge in [0.05, 0.1) is 17.9 Å². The second kappa shape index (κ2) is 17.7. The number of phenolic OH excluding ortho intramolecular Hbond substituents is 1. The summed E-state index contributed by atoms with van der Waals surface area (Å²) in [5, 5.41) is 18.2. The van der Waals surface area contributed by atoms with Crippen molar-refractivity contribution in [3.63, 3.8) is 0 Å². The van der Waals surface area contributed by atoms with Gasteiger partial charge in [-0.25, -0.2) is 17.6 Å². The molecule has 3 N–H and O–H groups in total. The number of hydrogen-bond donors (Lipinski definition) is 3. The van der Waals surface area contributed by atoms with E-state index in [1.807, 2.05) is 6.92 Å². The maximum absolute atomic E-state index is 17.2. The van der Waals surface area contributed by atoms with Crippen molar-refractivity contribution in [2.45, 2.75) is 120 Å². The molecule has 2 saturated carbocycles. The third-order valence-corrected chi connectivity index (χ3v) is 17.4. The molecule has 5 saturated heterocycles. The molecular weight excluding hydrogens is 901 g/mol. The molecule has 5 aliphatic heterocycles. The summed E-state index contributed by atoms with van der Waals surface area (Å²) < 4.78 is 69.6. The van der Waals surface area contributed by atoms with E-state index in [0.717, 1.165) is 97.2 Å². The predicted octanol–water partition coefficient (Wildman–Crippen LogP) is 8.41. The van der Waals surface area contributed by atoms with E-state index in [4.69, 9.17) is 14.7 Å². The number of likely N-dealkylation sites (tertiary alicyclic amines) is 2. The van der Waals surface area contributed by atoms with E-state index in [9.17, 15) is 14.7 Å². The van der Waals surface area contributed by atoms with Crippen molar-refractivity contribution in [3.8, 4) is 23.0 Å². The van der Waals surface area contributed by atoms with Crippen LogP contribution in [0.2, 0.25) is 0 Å². The van der Waals surface area contributed by atoms with Crippen molar-refractivity contribution in [1.82, 2.24) is 35.4 Å². The smallest absolute Gasteiger partial charge is 0.319 e. The van der Waals surface area contributed by atoms with Crippen LogP contribution in [-0.4, -0.2) is 112 Å². The molecule has 0 radical (unpaired) electrons. The van der Waals surface area contributed by atoms with Gasteiger partial charge in [0.1, 0.15) is 40.2 Å². The number of aryl methyl sites for hydroxylation is 1. The summed E-state index contributed by atoms with van der Waals surface area (Å²) in [5.41, 5.74) is 1.51. The van der Waals surface area contributed by atoms with Crippen LogP contribution in [0.1, 0.15) is 112 Å². The van der Waals surface area contributed by atoms with Crippen molar-refractivity contribution in [1.29, 1.82) is 0 Å². The van der Waals surface area contributed by atoms with E-state index < -0.39 is 41.0 Å². The van der Waals surface area contributed by atoms with Gasteiger partial charge in [0.2, 0.25) is 11.8 Å². The quantitative estimate of drug-likeness (QED) is 0.0870. The van der Waals surface area contributed by atoms with Crippen LogP contribution in [0.15, 0.2) is 42.6 Å². The van der Waals surface area contributed by atoms with Crippen LogP contribution in [0.5, 0.6) is 11.8 Å². The number of carbonyl (C=O) groups excluding carboxylic acids is 2. The number of nitrogens with zero attached hydrogens (tertiary/aromatic N) is 6. The Morgan fingerprint density at radius 2 is 1.59 bits per heavy atom. The number of aromatic hydroxyl groups is 1. The predicted molar refractivity (Wildman–Crippen MR) is 257 cm³/mol. The molecule has 3 aromatic carbocycles. The summed E-state index contributed by atoms with van der Waals surface area (Å²) >= 11 is 0. The van der Waals surface area contributed by atoms with E-state index in [1.54, 1.807) is 18.3 Å². The molecule has 7 heterocycles. The number of phenols is 1. The third-order valence-electron chi connectivity index (χ3n) is 17.4. The Morgan fingerprint density at radius 1 is 0.857 bits per heavy atom. The Hall–Kier alpha value is -5.45. The highest BCUT2D eigenvalue weighted by Gasteiger charge is 2.51. The molecule has 12 nitrogen and oxygen atoms in total. The van der Waals surface area contributed by atoms with Crippen LogP contribution in [0.25, 0.3) is 32.9 Å². The maximum atomic E-state index is 17.2. The zero-order chi connectivity index (χ0) is 48.1. The first-order valence-electron chi connectivity index (χ1n) is 25.6. The normalized spacial score (nSPS) is 24.9. The summed E-state index contributed by atoms with van der Waals surface area (Å²) in [6.45, 7) is 8.45. The molecule has 2 aromatic heterocycles. The molecule has 7 fully saturated rings. The van der Waals surface area contributed by atoms with Gasteiger partial charge in [-0.2, -0.15) is 9.97 Å². The van der Waals surface area contributed by atoms with Crippen LogP contribution >= 0.6 is 0 Å². The lowest BCUT2D eigenvalue weighted by molar-refractivity contribution is -0.134. The van der Waals surface area contributed by atoms with E-state index >= 15 is 17.6 Å². The second-order valence-corrected chi connectivity index (χ2v) is 21.9. The molecular formula is C54H60F4N8O4. The standard InChI is InChI=1S/C54H60F4N8O4/c1-2-37-41(55)7-3-31-19-36(67)22-39(45(31)37)48-47(58)49-40(25-59-48)50(66-26-33-4-5-34(27-66)60-33)63-52(62-49)70-29-54(11-12-54)28-64-17-13-53(14-18-64)23-35(24-53)65-15-9-30(10-16-65)32-20-42(56)46(43(57)21-32)38-6-8-44(68)61-51(38)69/h3,7,19-22,25,30,33-35,38,60,67H,2,4-6,8-18,23-24,26-29H2,1H3,(H,61,68,69). The number of ether oxygens (including phenoxy) is 1. The molecule has 2 amide bonds. The molecule has 3 unspecified atom stereocenters. The minimum Gasteiger partial charge on any atom is -0.508 e. The molecule has 16 heteroatoms. The van der Waals surface area contributed by atoms with E-state index in [0.29, 0.717) is 75.2 Å². The zero-order valence-corrected chi connectivity index (χ0v) is 39.6. The summed E-state index contributed by atoms with van der Waals surface area (Å²) in [5.74, 6) is -3.95. The van der Waals surface area contributed by atoms with Gasteiger partial charge in [0.15, 0.2) is 5.82 Å². The lowest BCUT2D eigenvalue weighted by Gasteiger charge is -2.56. The van der Waals surface area contributed by atoms with Crippen molar-refractivity contribution in [3.05, 3.63) is 82.6 Å². The Bertz CT molecular complexity index is 2870. The van der Waals surface area contributed by atoms with Crippen molar-refractivity contribution in [2.24, 2.45) is 10.8 Å². The maximum Gasteiger partial charge on any atom is 0.319 e. The highest BCUT2D eigenvalue weighted by molar-refractivity contribution is 6.02. The number of pyridine rings is 1. The minimum absolute atomic E-state index is 0.0167. The largest absolute Gasteiger partial charge is 0.508 e. The van der Waals surface area contributed by atoms with Gasteiger partial charge < -0.3 is 29.9 Å². The first kappa shape index (κ1) is 45.7. The van der Waals surface area contributed by atoms with Crippen LogP contribution in [0.4, 0.5) is 23.4 Å². The average Bonchev–Trinajstić information content (AvgIpc) is 4.03. The number of anilines is 1. The Balaban J connectivity index is 0.691. The summed E-state index contributed by atoms with van der Waals surface area (Å²) in [4.78, 5) is 45.7. The van der Waals surface area contributed by atoms with Gasteiger partial charge in [-0.15, -0.1) is 0 Å². The van der Waals surface area contributed by atoms with Crippen molar-refractivity contribution >= 4 is 39.3 Å². The molecule has 70 heavy (non-hydrogen) atoms. The van der Waals surface area contributed by atoms with Gasteiger partial charge in [-0.1, -0.05) is 13.0 Å². The van der Waals surface area contributed by atoms with Crippen LogP contribution < -0.4 is 20.3 Å². The molecule has 7 aliphatic rings. The fraction of sp³-hybridized carbons (Fsp3) is 0.537. The second-order valence-electron chi connectivity index (χ2n) is 21.9. The fourth-order valence-corrected chi connectivity index (χ4v) is 13.3. The van der Waals surface area contributed by atoms with Gasteiger partial charge in [-0.05, 0) is 167 Å². The molecule has 12 rings (SSSR count). The Labute approximate surface area is 404 Å². The number of nitrogens with one attached hydrogen (secondary N) is 2. The lowest BCUT2D eigenvalue weighted by atomic mass is 9.59. The number of aromatic nitrogens is 3. The summed E-state index contributed by atoms with van der Waals surface area (Å²) in [7, 11) is 0. The van der Waals surface area contributed by atoms with E-state index in [1.165, 1.54) is 37.1 Å². The number of halogens is 4. The van der Waals surface area contributed by atoms with Crippen molar-refractivity contribution < 1.29 is 37.0 Å². The van der Waals surface area contributed by atoms with E-state index in [2.05, 4.69) is 30.3 Å². The summed E-state index contributed by atoms with van der Waals surface area (Å²) in [6, 6.07) is 10.0. The first-order valence-corrected chi connectivity index (χ1v) is 25.6. The molecule has 2 aliphatic carbocycles. The number of amides is 2. The first-order chi connectivity index (χ1) is 33.8. The Morgan fingerprint density at radius 3 is 2.27 bits per heavy atom. The number of piperazine rings is 1. The number of imide groups is 1. The Kier molecular flexibility index (Phi) is 11.5. The monoisotopic (exact) mass is 960 g/mol. The topological polar surface area (TPSA) is 136 Å².